The first-order valence-corrected chi connectivity index (χ1v) is 10.9. The van der Waals surface area contributed by atoms with E-state index < -0.39 is 11.2 Å². The molecule has 1 amide bonds. The number of nitrogens with one attached hydrogen (secondary N) is 1. The standard InChI is InChI=1S/C19H25N7O4S/c1-4-6-9-26-15(20)14(17(28)21-18(26)29)24(3)13(27)11-31-19-23-22-16(25(19)5-2)12-8-7-10-30-12/h7-8,10H,4-6,9,11,20H2,1-3H3,(H,21,28,29). The normalized spacial score (nSPS) is 11.1. The summed E-state index contributed by atoms with van der Waals surface area (Å²) in [5, 5.41) is 8.84. The number of carbonyl (C=O) groups is 1. The van der Waals surface area contributed by atoms with Crippen molar-refractivity contribution >= 4 is 29.2 Å². The summed E-state index contributed by atoms with van der Waals surface area (Å²) in [5.41, 5.74) is 4.75. The first kappa shape index (κ1) is 22.4. The molecule has 0 aliphatic heterocycles. The van der Waals surface area contributed by atoms with Gasteiger partial charge in [0.15, 0.2) is 22.4 Å². The lowest BCUT2D eigenvalue weighted by Gasteiger charge is -2.20. The molecule has 0 radical (unpaired) electrons. The van der Waals surface area contributed by atoms with Gasteiger partial charge in [0.2, 0.25) is 5.91 Å². The van der Waals surface area contributed by atoms with E-state index in [1.165, 1.54) is 28.3 Å². The fourth-order valence-electron chi connectivity index (χ4n) is 3.06. The average molecular weight is 448 g/mol. The number of hydrogen-bond acceptors (Lipinski definition) is 8. The van der Waals surface area contributed by atoms with E-state index in [0.717, 1.165) is 6.42 Å². The van der Waals surface area contributed by atoms with Gasteiger partial charge in [-0.05, 0) is 25.5 Å². The van der Waals surface area contributed by atoms with Crippen LogP contribution in [0.25, 0.3) is 11.6 Å². The Labute approximate surface area is 182 Å². The Morgan fingerprint density at radius 3 is 2.71 bits per heavy atom. The lowest BCUT2D eigenvalue weighted by atomic mass is 10.3. The molecule has 12 heteroatoms. The number of nitrogens with two attached hydrogens (primary N) is 1. The minimum Gasteiger partial charge on any atom is -0.461 e. The summed E-state index contributed by atoms with van der Waals surface area (Å²) in [6.07, 6.45) is 3.12. The van der Waals surface area contributed by atoms with E-state index in [4.69, 9.17) is 10.2 Å². The van der Waals surface area contributed by atoms with Crippen molar-refractivity contribution in [1.29, 1.82) is 0 Å². The third-order valence-corrected chi connectivity index (χ3v) is 5.71. The van der Waals surface area contributed by atoms with Crippen molar-refractivity contribution < 1.29 is 9.21 Å². The topological polar surface area (TPSA) is 145 Å². The highest BCUT2D eigenvalue weighted by atomic mass is 32.2. The van der Waals surface area contributed by atoms with Gasteiger partial charge in [-0.1, -0.05) is 25.1 Å². The lowest BCUT2D eigenvalue weighted by molar-refractivity contribution is -0.115. The SMILES string of the molecule is CCCCn1c(N)c(N(C)C(=O)CSc2nnc(-c3ccco3)n2CC)c(=O)[nH]c1=O. The van der Waals surface area contributed by atoms with Gasteiger partial charge in [0, 0.05) is 20.1 Å². The summed E-state index contributed by atoms with van der Waals surface area (Å²) in [7, 11) is 1.46. The van der Waals surface area contributed by atoms with Gasteiger partial charge < -0.3 is 15.1 Å². The van der Waals surface area contributed by atoms with Crippen LogP contribution in [-0.2, 0) is 17.9 Å². The van der Waals surface area contributed by atoms with Crippen molar-refractivity contribution in [3.8, 4) is 11.6 Å². The van der Waals surface area contributed by atoms with Crippen LogP contribution in [0, 0.1) is 0 Å². The molecule has 3 aromatic heterocycles. The van der Waals surface area contributed by atoms with Gasteiger partial charge in [-0.15, -0.1) is 10.2 Å². The van der Waals surface area contributed by atoms with Crippen molar-refractivity contribution in [3.05, 3.63) is 39.2 Å². The Morgan fingerprint density at radius 2 is 2.06 bits per heavy atom. The molecule has 3 aromatic rings. The van der Waals surface area contributed by atoms with E-state index in [-0.39, 0.29) is 23.2 Å². The van der Waals surface area contributed by atoms with Gasteiger partial charge in [-0.25, -0.2) is 4.79 Å². The van der Waals surface area contributed by atoms with Gasteiger partial charge in [-0.3, -0.25) is 23.7 Å². The molecule has 0 fully saturated rings. The number of hydrogen-bond donors (Lipinski definition) is 2. The largest absolute Gasteiger partial charge is 0.461 e. The highest BCUT2D eigenvalue weighted by Gasteiger charge is 2.22. The molecular formula is C19H25N7O4S. The predicted octanol–water partition coefficient (Wildman–Crippen LogP) is 1.55. The van der Waals surface area contributed by atoms with Gasteiger partial charge in [-0.2, -0.15) is 0 Å². The molecular weight excluding hydrogens is 422 g/mol. The number of nitrogens with zero attached hydrogens (tertiary/aromatic N) is 5. The van der Waals surface area contributed by atoms with Gasteiger partial charge in [0.1, 0.15) is 5.82 Å². The summed E-state index contributed by atoms with van der Waals surface area (Å²) in [6, 6.07) is 3.54. The highest BCUT2D eigenvalue weighted by molar-refractivity contribution is 7.99. The first-order chi connectivity index (χ1) is 14.9. The lowest BCUT2D eigenvalue weighted by Crippen LogP contribution is -2.40. The second kappa shape index (κ2) is 9.69. The van der Waals surface area contributed by atoms with E-state index in [1.807, 2.05) is 18.4 Å². The van der Waals surface area contributed by atoms with Gasteiger partial charge in [0.25, 0.3) is 5.56 Å². The molecule has 11 nitrogen and oxygen atoms in total. The van der Waals surface area contributed by atoms with Crippen LogP contribution in [0.3, 0.4) is 0 Å². The van der Waals surface area contributed by atoms with Crippen molar-refractivity contribution in [2.45, 2.75) is 44.9 Å². The first-order valence-electron chi connectivity index (χ1n) is 9.88. The van der Waals surface area contributed by atoms with Gasteiger partial charge >= 0.3 is 5.69 Å². The smallest absolute Gasteiger partial charge is 0.330 e. The number of rotatable bonds is 9. The zero-order chi connectivity index (χ0) is 22.5. The maximum atomic E-state index is 12.8. The second-order valence-corrected chi connectivity index (χ2v) is 7.71. The Bertz CT molecular complexity index is 1160. The van der Waals surface area contributed by atoms with Gasteiger partial charge in [0.05, 0.1) is 12.0 Å². The minimum absolute atomic E-state index is 0.000244. The molecule has 0 saturated heterocycles. The van der Waals surface area contributed by atoms with Crippen LogP contribution < -0.4 is 21.9 Å². The number of anilines is 2. The second-order valence-electron chi connectivity index (χ2n) is 6.77. The molecule has 3 rings (SSSR count). The number of H-pyrrole nitrogens is 1. The summed E-state index contributed by atoms with van der Waals surface area (Å²) in [4.78, 5) is 40.7. The van der Waals surface area contributed by atoms with Crippen molar-refractivity contribution in [1.82, 2.24) is 24.3 Å². The molecule has 0 aliphatic carbocycles. The number of aromatic amines is 1. The minimum atomic E-state index is -0.701. The van der Waals surface area contributed by atoms with E-state index in [2.05, 4.69) is 15.2 Å². The molecule has 0 aliphatic rings. The van der Waals surface area contributed by atoms with E-state index in [9.17, 15) is 14.4 Å². The fraction of sp³-hybridized carbons (Fsp3) is 0.421. The quantitative estimate of drug-likeness (QED) is 0.470. The van der Waals surface area contributed by atoms with Crippen molar-refractivity contribution in [2.75, 3.05) is 23.4 Å². The maximum Gasteiger partial charge on any atom is 0.330 e. The number of furan rings is 1. The van der Waals surface area contributed by atoms with Crippen LogP contribution in [0.4, 0.5) is 11.5 Å². The fourth-order valence-corrected chi connectivity index (χ4v) is 3.97. The maximum absolute atomic E-state index is 12.8. The number of nitrogen functional groups attached to an aromatic ring is 1. The summed E-state index contributed by atoms with van der Waals surface area (Å²) < 4.78 is 8.50. The molecule has 3 N–H and O–H groups in total. The number of unbranched alkanes of at least 4 members (excludes halogenated alkanes) is 1. The van der Waals surface area contributed by atoms with Crippen LogP contribution >= 0.6 is 11.8 Å². The third kappa shape index (κ3) is 4.58. The predicted molar refractivity (Wildman–Crippen MR) is 118 cm³/mol. The summed E-state index contributed by atoms with van der Waals surface area (Å²) >= 11 is 1.19. The Kier molecular flexibility index (Phi) is 7.00. The van der Waals surface area contributed by atoms with E-state index in [0.29, 0.717) is 36.3 Å². The van der Waals surface area contributed by atoms with Crippen molar-refractivity contribution in [2.24, 2.45) is 0 Å². The van der Waals surface area contributed by atoms with Crippen LogP contribution in [-0.4, -0.2) is 43.0 Å². The molecule has 0 atom stereocenters. The number of amides is 1. The summed E-state index contributed by atoms with van der Waals surface area (Å²) in [5.74, 6) is 0.755. The highest BCUT2D eigenvalue weighted by Crippen LogP contribution is 2.25. The Morgan fingerprint density at radius 1 is 1.29 bits per heavy atom. The van der Waals surface area contributed by atoms with E-state index in [1.54, 1.807) is 18.4 Å². The number of carbonyl (C=O) groups excluding carboxylic acids is 1. The van der Waals surface area contributed by atoms with Crippen LogP contribution in [0.15, 0.2) is 37.6 Å². The van der Waals surface area contributed by atoms with Crippen molar-refractivity contribution in [3.63, 3.8) is 0 Å². The molecule has 0 aromatic carbocycles. The summed E-state index contributed by atoms with van der Waals surface area (Å²) in [6.45, 7) is 4.86. The average Bonchev–Trinajstić information content (AvgIpc) is 3.40. The Balaban J connectivity index is 1.79. The van der Waals surface area contributed by atoms with E-state index >= 15 is 0 Å². The zero-order valence-electron chi connectivity index (χ0n) is 17.6. The van der Waals surface area contributed by atoms with Crippen LogP contribution in [0.5, 0.6) is 0 Å². The number of thioether (sulfide) groups is 1. The molecule has 3 heterocycles. The zero-order valence-corrected chi connectivity index (χ0v) is 18.4. The third-order valence-electron chi connectivity index (χ3n) is 4.76. The molecule has 0 bridgehead atoms. The molecule has 0 saturated carbocycles. The van der Waals surface area contributed by atoms with Crippen LogP contribution in [0.1, 0.15) is 26.7 Å². The molecule has 0 spiro atoms. The Hall–Kier alpha value is -3.28. The molecule has 0 unspecified atom stereocenters. The monoisotopic (exact) mass is 447 g/mol. The number of aromatic nitrogens is 5. The molecule has 166 valence electrons. The van der Waals surface area contributed by atoms with Crippen LogP contribution in [0.2, 0.25) is 0 Å². The molecule has 31 heavy (non-hydrogen) atoms.